The van der Waals surface area contributed by atoms with Crippen molar-refractivity contribution in [3.05, 3.63) is 23.9 Å². The van der Waals surface area contributed by atoms with E-state index in [0.717, 1.165) is 18.4 Å². The summed E-state index contributed by atoms with van der Waals surface area (Å²) in [4.78, 5) is 27.6. The van der Waals surface area contributed by atoms with Gasteiger partial charge in [0.25, 0.3) is 0 Å². The highest BCUT2D eigenvalue weighted by atomic mass is 16.5. The Morgan fingerprint density at radius 3 is 3.00 bits per heavy atom. The Balaban J connectivity index is 1.77. The first-order valence-electron chi connectivity index (χ1n) is 6.77. The number of hydrogen-bond donors (Lipinski definition) is 2. The van der Waals surface area contributed by atoms with Crippen LogP contribution >= 0.6 is 0 Å². The summed E-state index contributed by atoms with van der Waals surface area (Å²) in [5, 5.41) is 5.87. The molecule has 1 aromatic heterocycles. The van der Waals surface area contributed by atoms with Gasteiger partial charge >= 0.3 is 0 Å². The number of nitrogens with zero attached hydrogens (tertiary/aromatic N) is 1. The first-order chi connectivity index (χ1) is 9.67. The molecule has 3 rings (SSSR count). The first kappa shape index (κ1) is 12.9. The topological polar surface area (TPSA) is 80.3 Å². The van der Waals surface area contributed by atoms with E-state index in [1.54, 1.807) is 19.4 Å². The van der Waals surface area contributed by atoms with E-state index in [1.165, 1.54) is 0 Å². The van der Waals surface area contributed by atoms with Gasteiger partial charge in [-0.1, -0.05) is 0 Å². The van der Waals surface area contributed by atoms with Crippen LogP contribution in [0.15, 0.2) is 18.3 Å². The van der Waals surface area contributed by atoms with Gasteiger partial charge in [-0.25, -0.2) is 4.98 Å². The van der Waals surface area contributed by atoms with Crippen LogP contribution in [0.3, 0.4) is 0 Å². The van der Waals surface area contributed by atoms with E-state index in [2.05, 4.69) is 15.6 Å². The molecule has 0 spiro atoms. The largest absolute Gasteiger partial charge is 0.481 e. The fourth-order valence-corrected chi connectivity index (χ4v) is 2.48. The Morgan fingerprint density at radius 1 is 1.50 bits per heavy atom. The van der Waals surface area contributed by atoms with E-state index in [1.807, 2.05) is 6.07 Å². The molecule has 1 saturated carbocycles. The Morgan fingerprint density at radius 2 is 2.30 bits per heavy atom. The molecule has 2 atom stereocenters. The zero-order valence-electron chi connectivity index (χ0n) is 11.3. The molecule has 0 bridgehead atoms. The Kier molecular flexibility index (Phi) is 3.30. The number of aromatic nitrogens is 1. The molecule has 6 nitrogen and oxygen atoms in total. The molecular formula is C14H17N3O3. The van der Waals surface area contributed by atoms with Crippen molar-refractivity contribution in [3.63, 3.8) is 0 Å². The predicted octanol–water partition coefficient (Wildman–Crippen LogP) is 0.546. The lowest BCUT2D eigenvalue weighted by Gasteiger charge is -2.20. The van der Waals surface area contributed by atoms with Crippen LogP contribution in [0.1, 0.15) is 30.9 Å². The molecule has 106 valence electrons. The summed E-state index contributed by atoms with van der Waals surface area (Å²) in [6.07, 6.45) is 3.85. The standard InChI is InChI=1S/C14H17N3O3/c1-20-12-6-9(4-5-15-12)13-10(7-11(18)17-13)16-14(19)8-2-3-8/h4-6,8,10,13H,2-3,7H2,1H3,(H,16,19)(H,17,18)/t10-,13+/m0/s1. The number of pyridine rings is 1. The van der Waals surface area contributed by atoms with Crippen LogP contribution in [-0.4, -0.2) is 29.9 Å². The number of nitrogens with one attached hydrogen (secondary N) is 2. The molecule has 0 aromatic carbocycles. The van der Waals surface area contributed by atoms with Crippen LogP contribution in [-0.2, 0) is 9.59 Å². The van der Waals surface area contributed by atoms with Gasteiger partial charge in [-0.3, -0.25) is 9.59 Å². The second kappa shape index (κ2) is 5.11. The SMILES string of the molecule is COc1cc([C@H]2NC(=O)C[C@@H]2NC(=O)C2CC2)ccn1. The third kappa shape index (κ3) is 2.59. The van der Waals surface area contributed by atoms with Crippen molar-refractivity contribution < 1.29 is 14.3 Å². The van der Waals surface area contributed by atoms with Crippen LogP contribution < -0.4 is 15.4 Å². The van der Waals surface area contributed by atoms with Gasteiger partial charge in [-0.15, -0.1) is 0 Å². The number of carbonyl (C=O) groups excluding carboxylic acids is 2. The van der Waals surface area contributed by atoms with Crippen molar-refractivity contribution in [3.8, 4) is 5.88 Å². The third-order valence-electron chi connectivity index (χ3n) is 3.73. The first-order valence-corrected chi connectivity index (χ1v) is 6.77. The summed E-state index contributed by atoms with van der Waals surface area (Å²) < 4.78 is 5.09. The molecule has 2 N–H and O–H groups in total. The molecule has 2 aliphatic rings. The van der Waals surface area contributed by atoms with Crippen molar-refractivity contribution in [1.29, 1.82) is 0 Å². The zero-order valence-corrected chi connectivity index (χ0v) is 11.3. The van der Waals surface area contributed by atoms with Crippen molar-refractivity contribution in [2.75, 3.05) is 7.11 Å². The van der Waals surface area contributed by atoms with E-state index in [4.69, 9.17) is 4.74 Å². The minimum absolute atomic E-state index is 0.0492. The van der Waals surface area contributed by atoms with E-state index in [0.29, 0.717) is 12.3 Å². The van der Waals surface area contributed by atoms with Crippen molar-refractivity contribution >= 4 is 11.8 Å². The summed E-state index contributed by atoms with van der Waals surface area (Å²) in [6.45, 7) is 0. The van der Waals surface area contributed by atoms with Crippen LogP contribution in [0.2, 0.25) is 0 Å². The average Bonchev–Trinajstić information content (AvgIpc) is 3.24. The lowest BCUT2D eigenvalue weighted by atomic mass is 10.0. The van der Waals surface area contributed by atoms with E-state index in [9.17, 15) is 9.59 Å². The number of ether oxygens (including phenoxy) is 1. The van der Waals surface area contributed by atoms with Gasteiger partial charge in [-0.2, -0.15) is 0 Å². The van der Waals surface area contributed by atoms with Crippen molar-refractivity contribution in [2.45, 2.75) is 31.3 Å². The molecule has 0 unspecified atom stereocenters. The highest BCUT2D eigenvalue weighted by molar-refractivity contribution is 5.84. The maximum absolute atomic E-state index is 11.9. The van der Waals surface area contributed by atoms with Crippen molar-refractivity contribution in [1.82, 2.24) is 15.6 Å². The van der Waals surface area contributed by atoms with Crippen molar-refractivity contribution in [2.24, 2.45) is 5.92 Å². The lowest BCUT2D eigenvalue weighted by Crippen LogP contribution is -2.39. The average molecular weight is 275 g/mol. The van der Waals surface area contributed by atoms with Gasteiger partial charge in [0.2, 0.25) is 17.7 Å². The summed E-state index contributed by atoms with van der Waals surface area (Å²) in [5.41, 5.74) is 0.892. The summed E-state index contributed by atoms with van der Waals surface area (Å²) in [5.74, 6) is 0.638. The molecule has 1 saturated heterocycles. The highest BCUT2D eigenvalue weighted by Gasteiger charge is 2.38. The third-order valence-corrected chi connectivity index (χ3v) is 3.73. The minimum atomic E-state index is -0.220. The molecule has 1 aliphatic carbocycles. The minimum Gasteiger partial charge on any atom is -0.481 e. The van der Waals surface area contributed by atoms with Crippen LogP contribution in [0.25, 0.3) is 0 Å². The molecule has 6 heteroatoms. The lowest BCUT2D eigenvalue weighted by molar-refractivity contribution is -0.123. The van der Waals surface area contributed by atoms with E-state index < -0.39 is 0 Å². The molecular weight excluding hydrogens is 258 g/mol. The molecule has 0 radical (unpaired) electrons. The Labute approximate surface area is 116 Å². The second-order valence-corrected chi connectivity index (χ2v) is 5.27. The van der Waals surface area contributed by atoms with E-state index in [-0.39, 0.29) is 29.8 Å². The van der Waals surface area contributed by atoms with Crippen LogP contribution in [0.5, 0.6) is 5.88 Å². The van der Waals surface area contributed by atoms with Gasteiger partial charge < -0.3 is 15.4 Å². The van der Waals surface area contributed by atoms with Crippen LogP contribution in [0.4, 0.5) is 0 Å². The predicted molar refractivity (Wildman–Crippen MR) is 70.9 cm³/mol. The monoisotopic (exact) mass is 275 g/mol. The van der Waals surface area contributed by atoms with Gasteiger partial charge in [0.1, 0.15) is 0 Å². The fourth-order valence-electron chi connectivity index (χ4n) is 2.48. The van der Waals surface area contributed by atoms with Gasteiger partial charge in [0.15, 0.2) is 0 Å². The van der Waals surface area contributed by atoms with Gasteiger partial charge in [-0.05, 0) is 24.5 Å². The summed E-state index contributed by atoms with van der Waals surface area (Å²) >= 11 is 0. The Hall–Kier alpha value is -2.11. The normalized spacial score (nSPS) is 25.1. The molecule has 2 fully saturated rings. The van der Waals surface area contributed by atoms with Gasteiger partial charge in [0, 0.05) is 24.6 Å². The van der Waals surface area contributed by atoms with E-state index >= 15 is 0 Å². The molecule has 20 heavy (non-hydrogen) atoms. The number of carbonyl (C=O) groups is 2. The number of methoxy groups -OCH3 is 1. The number of amides is 2. The summed E-state index contributed by atoms with van der Waals surface area (Å²) in [6, 6.07) is 3.19. The fraction of sp³-hybridized carbons (Fsp3) is 0.500. The number of hydrogen-bond acceptors (Lipinski definition) is 4. The molecule has 1 aliphatic heterocycles. The molecule has 2 amide bonds. The maximum atomic E-state index is 11.9. The van der Waals surface area contributed by atoms with Gasteiger partial charge in [0.05, 0.1) is 19.2 Å². The number of rotatable bonds is 4. The zero-order chi connectivity index (χ0) is 14.1. The quantitative estimate of drug-likeness (QED) is 0.840. The maximum Gasteiger partial charge on any atom is 0.223 e. The smallest absolute Gasteiger partial charge is 0.223 e. The highest BCUT2D eigenvalue weighted by Crippen LogP contribution is 2.31. The van der Waals surface area contributed by atoms with Crippen LogP contribution in [0, 0.1) is 5.92 Å². The molecule has 1 aromatic rings. The molecule has 2 heterocycles. The Bertz CT molecular complexity index is 542. The second-order valence-electron chi connectivity index (χ2n) is 5.27. The summed E-state index contributed by atoms with van der Waals surface area (Å²) in [7, 11) is 1.55.